The topological polar surface area (TPSA) is 35.8 Å². The number of thiophene rings is 1. The number of benzene rings is 1. The van der Waals surface area contributed by atoms with Gasteiger partial charge in [0.2, 0.25) is 0 Å². The molecule has 0 amide bonds. The van der Waals surface area contributed by atoms with Crippen molar-refractivity contribution < 1.29 is 0 Å². The number of nitrogens with zero attached hydrogens (tertiary/aromatic N) is 1. The van der Waals surface area contributed by atoms with Crippen LogP contribution in [0.3, 0.4) is 0 Å². The number of nitrogens with one attached hydrogen (secondary N) is 1. The monoisotopic (exact) mass is 340 g/mol. The number of hydrogen-bond donors (Lipinski definition) is 1. The maximum absolute atomic E-state index is 8.82. The summed E-state index contributed by atoms with van der Waals surface area (Å²) in [5.41, 5.74) is 1.65. The lowest BCUT2D eigenvalue weighted by Crippen LogP contribution is -2.03. The van der Waals surface area contributed by atoms with Gasteiger partial charge >= 0.3 is 0 Å². The Morgan fingerprint density at radius 2 is 2.17 bits per heavy atom. The van der Waals surface area contributed by atoms with Crippen molar-refractivity contribution >= 4 is 44.6 Å². The molecule has 2 aromatic rings. The lowest BCUT2D eigenvalue weighted by molar-refractivity contribution is 1.04. The van der Waals surface area contributed by atoms with Gasteiger partial charge in [-0.25, -0.2) is 0 Å². The molecular formula is C13H10BrClN2S. The van der Waals surface area contributed by atoms with E-state index in [1.54, 1.807) is 17.4 Å². The largest absolute Gasteiger partial charge is 0.385 e. The van der Waals surface area contributed by atoms with Crippen molar-refractivity contribution in [3.05, 3.63) is 49.6 Å². The van der Waals surface area contributed by atoms with Crippen LogP contribution in [-0.4, -0.2) is 6.54 Å². The second kappa shape index (κ2) is 6.24. The minimum Gasteiger partial charge on any atom is -0.385 e. The Kier molecular flexibility index (Phi) is 4.65. The van der Waals surface area contributed by atoms with E-state index in [-0.39, 0.29) is 0 Å². The Morgan fingerprint density at radius 1 is 1.33 bits per heavy atom. The third-order valence-electron chi connectivity index (χ3n) is 2.42. The molecule has 0 saturated carbocycles. The van der Waals surface area contributed by atoms with E-state index >= 15 is 0 Å². The summed E-state index contributed by atoms with van der Waals surface area (Å²) in [4.78, 5) is 1.26. The summed E-state index contributed by atoms with van der Waals surface area (Å²) >= 11 is 10.8. The molecule has 0 radical (unpaired) electrons. The highest BCUT2D eigenvalue weighted by Crippen LogP contribution is 2.23. The Bertz CT molecular complexity index is 589. The molecule has 0 fully saturated rings. The molecule has 0 aliphatic heterocycles. The van der Waals surface area contributed by atoms with Crippen LogP contribution in [0.1, 0.15) is 10.4 Å². The van der Waals surface area contributed by atoms with Crippen LogP contribution >= 0.6 is 38.9 Å². The SMILES string of the molecule is N#Cc1ccc(NCCc2ccc(Cl)s2)cc1Br. The number of rotatable bonds is 4. The van der Waals surface area contributed by atoms with Crippen molar-refractivity contribution in [3.8, 4) is 6.07 Å². The number of halogens is 2. The third kappa shape index (κ3) is 3.49. The van der Waals surface area contributed by atoms with Gasteiger partial charge in [0.05, 0.1) is 9.90 Å². The standard InChI is InChI=1S/C13H10BrClN2S/c14-12-7-10(2-1-9(12)8-16)17-6-5-11-3-4-13(15)18-11/h1-4,7,17H,5-6H2. The van der Waals surface area contributed by atoms with Crippen molar-refractivity contribution in [2.24, 2.45) is 0 Å². The molecular weight excluding hydrogens is 332 g/mol. The Labute approximate surface area is 123 Å². The van der Waals surface area contributed by atoms with Crippen LogP contribution in [0.5, 0.6) is 0 Å². The zero-order valence-corrected chi connectivity index (χ0v) is 12.6. The molecule has 2 nitrogen and oxygen atoms in total. The molecule has 0 aliphatic rings. The highest BCUT2D eigenvalue weighted by atomic mass is 79.9. The minimum absolute atomic E-state index is 0.644. The second-order valence-corrected chi connectivity index (χ2v) is 6.34. The fourth-order valence-corrected chi connectivity index (χ4v) is 3.09. The first-order valence-corrected chi connectivity index (χ1v) is 7.35. The number of anilines is 1. The lowest BCUT2D eigenvalue weighted by atomic mass is 10.2. The normalized spacial score (nSPS) is 10.1. The van der Waals surface area contributed by atoms with Crippen LogP contribution in [0.15, 0.2) is 34.8 Å². The van der Waals surface area contributed by atoms with Crippen LogP contribution in [0, 0.1) is 11.3 Å². The highest BCUT2D eigenvalue weighted by Gasteiger charge is 2.01. The van der Waals surface area contributed by atoms with Crippen molar-refractivity contribution in [1.82, 2.24) is 0 Å². The first kappa shape index (κ1) is 13.4. The molecule has 0 unspecified atom stereocenters. The molecule has 1 aromatic heterocycles. The minimum atomic E-state index is 0.644. The van der Waals surface area contributed by atoms with Gasteiger partial charge in [0.1, 0.15) is 6.07 Å². The first-order chi connectivity index (χ1) is 8.69. The summed E-state index contributed by atoms with van der Waals surface area (Å²) in [5.74, 6) is 0. The fourth-order valence-electron chi connectivity index (χ4n) is 1.53. The highest BCUT2D eigenvalue weighted by molar-refractivity contribution is 9.10. The molecule has 5 heteroatoms. The lowest BCUT2D eigenvalue weighted by Gasteiger charge is -2.06. The van der Waals surface area contributed by atoms with Gasteiger partial charge in [-0.1, -0.05) is 11.6 Å². The van der Waals surface area contributed by atoms with Crippen LogP contribution < -0.4 is 5.32 Å². The molecule has 2 rings (SSSR count). The van der Waals surface area contributed by atoms with Gasteiger partial charge in [-0.15, -0.1) is 11.3 Å². The molecule has 92 valence electrons. The molecule has 0 saturated heterocycles. The summed E-state index contributed by atoms with van der Waals surface area (Å²) in [6, 6.07) is 11.7. The van der Waals surface area contributed by atoms with Crippen molar-refractivity contribution in [1.29, 1.82) is 5.26 Å². The zero-order chi connectivity index (χ0) is 13.0. The molecule has 18 heavy (non-hydrogen) atoms. The van der Waals surface area contributed by atoms with Gasteiger partial charge in [0, 0.05) is 21.6 Å². The summed E-state index contributed by atoms with van der Waals surface area (Å²) in [6.07, 6.45) is 0.939. The van der Waals surface area contributed by atoms with E-state index in [2.05, 4.69) is 27.3 Å². The van der Waals surface area contributed by atoms with E-state index in [1.807, 2.05) is 24.3 Å². The molecule has 0 aliphatic carbocycles. The number of hydrogen-bond acceptors (Lipinski definition) is 3. The first-order valence-electron chi connectivity index (χ1n) is 5.37. The molecule has 0 atom stereocenters. The maximum Gasteiger partial charge on any atom is 0.100 e. The van der Waals surface area contributed by atoms with E-state index in [1.165, 1.54) is 4.88 Å². The van der Waals surface area contributed by atoms with Crippen LogP contribution in [-0.2, 0) is 6.42 Å². The molecule has 1 heterocycles. The molecule has 0 bridgehead atoms. The quantitative estimate of drug-likeness (QED) is 0.875. The fraction of sp³-hybridized carbons (Fsp3) is 0.154. The van der Waals surface area contributed by atoms with Crippen LogP contribution in [0.2, 0.25) is 4.34 Å². The second-order valence-electron chi connectivity index (χ2n) is 3.69. The van der Waals surface area contributed by atoms with Gasteiger partial charge in [-0.2, -0.15) is 5.26 Å². The Hall–Kier alpha value is -1.02. The van der Waals surface area contributed by atoms with E-state index in [0.717, 1.165) is 27.5 Å². The van der Waals surface area contributed by atoms with Crippen LogP contribution in [0.4, 0.5) is 5.69 Å². The molecule has 0 spiro atoms. The molecule has 1 aromatic carbocycles. The van der Waals surface area contributed by atoms with Gasteiger partial charge < -0.3 is 5.32 Å². The summed E-state index contributed by atoms with van der Waals surface area (Å²) in [6.45, 7) is 0.842. The predicted octanol–water partition coefficient (Wildman–Crippen LogP) is 4.69. The summed E-state index contributed by atoms with van der Waals surface area (Å²) < 4.78 is 1.64. The number of nitriles is 1. The third-order valence-corrected chi connectivity index (χ3v) is 4.37. The van der Waals surface area contributed by atoms with Gasteiger partial charge in [-0.3, -0.25) is 0 Å². The van der Waals surface area contributed by atoms with E-state index in [4.69, 9.17) is 16.9 Å². The average Bonchev–Trinajstić information content (AvgIpc) is 2.75. The van der Waals surface area contributed by atoms with E-state index < -0.39 is 0 Å². The zero-order valence-electron chi connectivity index (χ0n) is 9.41. The van der Waals surface area contributed by atoms with Crippen molar-refractivity contribution in [3.63, 3.8) is 0 Å². The van der Waals surface area contributed by atoms with Crippen LogP contribution in [0.25, 0.3) is 0 Å². The van der Waals surface area contributed by atoms with Crippen molar-refractivity contribution in [2.45, 2.75) is 6.42 Å². The van der Waals surface area contributed by atoms with Gasteiger partial charge in [-0.05, 0) is 52.7 Å². The average molecular weight is 342 g/mol. The van der Waals surface area contributed by atoms with Crippen molar-refractivity contribution in [2.75, 3.05) is 11.9 Å². The summed E-state index contributed by atoms with van der Waals surface area (Å²) in [7, 11) is 0. The van der Waals surface area contributed by atoms with Gasteiger partial charge in [0.15, 0.2) is 0 Å². The van der Waals surface area contributed by atoms with Gasteiger partial charge in [0.25, 0.3) is 0 Å². The smallest absolute Gasteiger partial charge is 0.100 e. The molecule has 1 N–H and O–H groups in total. The Morgan fingerprint density at radius 3 is 2.78 bits per heavy atom. The van der Waals surface area contributed by atoms with E-state index in [0.29, 0.717) is 5.56 Å². The van der Waals surface area contributed by atoms with E-state index in [9.17, 15) is 0 Å². The maximum atomic E-state index is 8.82. The predicted molar refractivity (Wildman–Crippen MR) is 80.4 cm³/mol. The Balaban J connectivity index is 1.91. The summed E-state index contributed by atoms with van der Waals surface area (Å²) in [5, 5.41) is 12.1.